The first kappa shape index (κ1) is 22.9. The van der Waals surface area contributed by atoms with Crippen LogP contribution in [0.3, 0.4) is 0 Å². The SMILES string of the molecule is COc1cc2c(cc1OC)CN(C(=O)c1cccc(NS(=O)(=O)c3cccc(Cl)c3)c1)CC2. The van der Waals surface area contributed by atoms with Gasteiger partial charge in [0.15, 0.2) is 11.5 Å². The number of fused-ring (bicyclic) bond motifs is 1. The van der Waals surface area contributed by atoms with Crippen LogP contribution in [0.15, 0.2) is 65.6 Å². The number of halogens is 1. The van der Waals surface area contributed by atoms with Crippen LogP contribution in [-0.2, 0) is 23.0 Å². The van der Waals surface area contributed by atoms with Crippen LogP contribution in [0.1, 0.15) is 21.5 Å². The predicted octanol–water partition coefficient (Wildman–Crippen LogP) is 4.36. The highest BCUT2D eigenvalue weighted by atomic mass is 35.5. The van der Waals surface area contributed by atoms with Crippen LogP contribution in [0.25, 0.3) is 0 Å². The van der Waals surface area contributed by atoms with Gasteiger partial charge in [0.05, 0.1) is 19.1 Å². The third-order valence-electron chi connectivity index (χ3n) is 5.47. The maximum atomic E-state index is 13.2. The molecule has 0 saturated carbocycles. The number of nitrogens with zero attached hydrogens (tertiary/aromatic N) is 1. The summed E-state index contributed by atoms with van der Waals surface area (Å²) in [4.78, 5) is 15.0. The third kappa shape index (κ3) is 4.91. The van der Waals surface area contributed by atoms with E-state index in [0.717, 1.165) is 11.1 Å². The maximum absolute atomic E-state index is 13.2. The zero-order valence-electron chi connectivity index (χ0n) is 18.2. The molecule has 172 valence electrons. The average molecular weight is 487 g/mol. The summed E-state index contributed by atoms with van der Waals surface area (Å²) in [5.74, 6) is 1.10. The molecule has 0 fully saturated rings. The molecule has 3 aromatic rings. The Hall–Kier alpha value is -3.23. The lowest BCUT2D eigenvalue weighted by Crippen LogP contribution is -2.36. The highest BCUT2D eigenvalue weighted by Crippen LogP contribution is 2.33. The molecule has 1 aliphatic heterocycles. The van der Waals surface area contributed by atoms with E-state index in [4.69, 9.17) is 21.1 Å². The Bertz CT molecular complexity index is 1310. The molecule has 0 spiro atoms. The number of carbonyl (C=O) groups excluding carboxylic acids is 1. The van der Waals surface area contributed by atoms with Crippen LogP contribution in [0.4, 0.5) is 5.69 Å². The third-order valence-corrected chi connectivity index (χ3v) is 7.09. The fourth-order valence-electron chi connectivity index (χ4n) is 3.80. The molecule has 1 amide bonds. The maximum Gasteiger partial charge on any atom is 0.261 e. The summed E-state index contributed by atoms with van der Waals surface area (Å²) < 4.78 is 38.7. The first-order valence-electron chi connectivity index (χ1n) is 10.2. The number of rotatable bonds is 6. The highest BCUT2D eigenvalue weighted by molar-refractivity contribution is 7.92. The van der Waals surface area contributed by atoms with E-state index in [1.807, 2.05) is 12.1 Å². The van der Waals surface area contributed by atoms with Crippen LogP contribution >= 0.6 is 11.6 Å². The summed E-state index contributed by atoms with van der Waals surface area (Å²) >= 11 is 5.92. The Morgan fingerprint density at radius 2 is 1.67 bits per heavy atom. The lowest BCUT2D eigenvalue weighted by molar-refractivity contribution is 0.0734. The predicted molar refractivity (Wildman–Crippen MR) is 127 cm³/mol. The van der Waals surface area contributed by atoms with E-state index in [1.165, 1.54) is 18.2 Å². The molecule has 7 nitrogen and oxygen atoms in total. The lowest BCUT2D eigenvalue weighted by Gasteiger charge is -2.30. The van der Waals surface area contributed by atoms with E-state index in [9.17, 15) is 13.2 Å². The van der Waals surface area contributed by atoms with Gasteiger partial charge in [-0.15, -0.1) is 0 Å². The molecule has 3 aromatic carbocycles. The van der Waals surface area contributed by atoms with Crippen molar-refractivity contribution in [1.29, 1.82) is 0 Å². The quantitative estimate of drug-likeness (QED) is 0.559. The minimum atomic E-state index is -3.84. The summed E-state index contributed by atoms with van der Waals surface area (Å²) in [7, 11) is -0.673. The molecular formula is C24H23ClN2O5S. The number of carbonyl (C=O) groups is 1. The summed E-state index contributed by atoms with van der Waals surface area (Å²) in [6.07, 6.45) is 0.683. The van der Waals surface area contributed by atoms with Gasteiger partial charge in [-0.3, -0.25) is 9.52 Å². The summed E-state index contributed by atoms with van der Waals surface area (Å²) in [6.45, 7) is 0.965. The van der Waals surface area contributed by atoms with Crippen LogP contribution < -0.4 is 14.2 Å². The first-order valence-corrected chi connectivity index (χ1v) is 12.1. The van der Waals surface area contributed by atoms with Gasteiger partial charge in [-0.1, -0.05) is 23.7 Å². The van der Waals surface area contributed by atoms with Gasteiger partial charge in [0.25, 0.3) is 15.9 Å². The molecule has 0 aliphatic carbocycles. The van der Waals surface area contributed by atoms with Gasteiger partial charge < -0.3 is 14.4 Å². The largest absolute Gasteiger partial charge is 0.493 e. The van der Waals surface area contributed by atoms with E-state index in [0.29, 0.717) is 47.3 Å². The van der Waals surface area contributed by atoms with Gasteiger partial charge in [-0.2, -0.15) is 0 Å². The van der Waals surface area contributed by atoms with Gasteiger partial charge in [0, 0.05) is 29.4 Å². The van der Waals surface area contributed by atoms with Crippen molar-refractivity contribution in [3.8, 4) is 11.5 Å². The molecule has 9 heteroatoms. The Morgan fingerprint density at radius 3 is 2.36 bits per heavy atom. The number of sulfonamides is 1. The van der Waals surface area contributed by atoms with Crippen molar-refractivity contribution in [3.05, 3.63) is 82.4 Å². The van der Waals surface area contributed by atoms with Crippen LogP contribution in [0.2, 0.25) is 5.02 Å². The van der Waals surface area contributed by atoms with Crippen molar-refractivity contribution in [1.82, 2.24) is 4.90 Å². The summed E-state index contributed by atoms with van der Waals surface area (Å²) in [6, 6.07) is 16.3. The van der Waals surface area contributed by atoms with Gasteiger partial charge in [-0.05, 0) is 66.1 Å². The van der Waals surface area contributed by atoms with E-state index < -0.39 is 10.0 Å². The Labute approximate surface area is 197 Å². The lowest BCUT2D eigenvalue weighted by atomic mass is 9.98. The van der Waals surface area contributed by atoms with Gasteiger partial charge in [0.2, 0.25) is 0 Å². The standard InChI is InChI=1S/C24H23ClN2O5S/c1-31-22-12-16-9-10-27(15-18(16)13-23(22)32-2)24(28)17-5-3-7-20(11-17)26-33(29,30)21-8-4-6-19(25)14-21/h3-8,11-14,26H,9-10,15H2,1-2H3. The summed E-state index contributed by atoms with van der Waals surface area (Å²) in [5, 5.41) is 0.321. The van der Waals surface area contributed by atoms with Crippen LogP contribution in [-0.4, -0.2) is 40.0 Å². The van der Waals surface area contributed by atoms with Crippen LogP contribution in [0.5, 0.6) is 11.5 Å². The Morgan fingerprint density at radius 1 is 0.970 bits per heavy atom. The molecule has 0 atom stereocenters. The van der Waals surface area contributed by atoms with Crippen LogP contribution in [0, 0.1) is 0 Å². The first-order chi connectivity index (χ1) is 15.8. The molecule has 0 unspecified atom stereocenters. The molecule has 0 bridgehead atoms. The van der Waals surface area contributed by atoms with E-state index in [2.05, 4.69) is 4.72 Å². The molecule has 33 heavy (non-hydrogen) atoms. The number of methoxy groups -OCH3 is 2. The van der Waals surface area contributed by atoms with Crippen molar-refractivity contribution < 1.29 is 22.7 Å². The van der Waals surface area contributed by atoms with Crippen molar-refractivity contribution in [2.45, 2.75) is 17.9 Å². The number of hydrogen-bond donors (Lipinski definition) is 1. The number of benzene rings is 3. The molecular weight excluding hydrogens is 464 g/mol. The molecule has 1 N–H and O–H groups in total. The minimum Gasteiger partial charge on any atom is -0.493 e. The van der Waals surface area contributed by atoms with Crippen molar-refractivity contribution in [2.24, 2.45) is 0 Å². The topological polar surface area (TPSA) is 84.9 Å². The zero-order valence-corrected chi connectivity index (χ0v) is 19.7. The number of anilines is 1. The minimum absolute atomic E-state index is 0.0451. The van der Waals surface area contributed by atoms with Gasteiger partial charge >= 0.3 is 0 Å². The fraction of sp³-hybridized carbons (Fsp3) is 0.208. The number of amides is 1. The molecule has 1 heterocycles. The van der Waals surface area contributed by atoms with Crippen molar-refractivity contribution in [3.63, 3.8) is 0 Å². The van der Waals surface area contributed by atoms with Crippen molar-refractivity contribution in [2.75, 3.05) is 25.5 Å². The number of hydrogen-bond acceptors (Lipinski definition) is 5. The van der Waals surface area contributed by atoms with E-state index in [-0.39, 0.29) is 10.8 Å². The molecule has 1 aliphatic rings. The normalized spacial score (nSPS) is 13.2. The monoisotopic (exact) mass is 486 g/mol. The number of ether oxygens (including phenoxy) is 2. The second-order valence-electron chi connectivity index (χ2n) is 7.60. The second kappa shape index (κ2) is 9.33. The average Bonchev–Trinajstić information content (AvgIpc) is 2.82. The molecule has 0 aromatic heterocycles. The van der Waals surface area contributed by atoms with Crippen molar-refractivity contribution >= 4 is 33.2 Å². The fourth-order valence-corrected chi connectivity index (χ4v) is 5.15. The summed E-state index contributed by atoms with van der Waals surface area (Å²) in [5.41, 5.74) is 2.79. The molecule has 4 rings (SSSR count). The van der Waals surface area contributed by atoms with Gasteiger partial charge in [-0.25, -0.2) is 8.42 Å². The Balaban J connectivity index is 1.54. The molecule has 0 saturated heterocycles. The zero-order chi connectivity index (χ0) is 23.6. The Kier molecular flexibility index (Phi) is 6.49. The highest BCUT2D eigenvalue weighted by Gasteiger charge is 2.24. The van der Waals surface area contributed by atoms with E-state index >= 15 is 0 Å². The van der Waals surface area contributed by atoms with Gasteiger partial charge in [0.1, 0.15) is 0 Å². The molecule has 0 radical (unpaired) electrons. The van der Waals surface area contributed by atoms with E-state index in [1.54, 1.807) is 49.5 Å². The smallest absolute Gasteiger partial charge is 0.261 e. The number of nitrogens with one attached hydrogen (secondary N) is 1. The second-order valence-corrected chi connectivity index (χ2v) is 9.72.